The van der Waals surface area contributed by atoms with Crippen LogP contribution in [0.4, 0.5) is 4.20 Å². The van der Waals surface area contributed by atoms with Gasteiger partial charge in [0.1, 0.15) is 0 Å². The molecule has 0 aliphatic rings. The van der Waals surface area contributed by atoms with Gasteiger partial charge in [0.05, 0.1) is 5.60 Å². The lowest BCUT2D eigenvalue weighted by atomic mass is 10.1. The smallest absolute Gasteiger partial charge is 0.206 e. The molecule has 1 atom stereocenters. The Morgan fingerprint density at radius 1 is 1.23 bits per heavy atom. The molecule has 0 saturated carbocycles. The Labute approximate surface area is 92.9 Å². The van der Waals surface area contributed by atoms with Crippen molar-refractivity contribution in [2.75, 3.05) is 5.33 Å². The summed E-state index contributed by atoms with van der Waals surface area (Å²) >= 11 is 3.26. The van der Waals surface area contributed by atoms with Crippen LogP contribution < -0.4 is 0 Å². The summed E-state index contributed by atoms with van der Waals surface area (Å²) in [4.78, 5) is 0. The maximum absolute atomic E-state index is 11.6. The molecule has 0 spiro atoms. The van der Waals surface area contributed by atoms with Gasteiger partial charge in [0.25, 0.3) is 0 Å². The lowest BCUT2D eigenvalue weighted by Crippen LogP contribution is -2.20. The van der Waals surface area contributed by atoms with Crippen molar-refractivity contribution in [2.45, 2.75) is 53.6 Å². The SMILES string of the molecule is CC.CC.CC(C)(CCBr)OPF. The van der Waals surface area contributed by atoms with Gasteiger partial charge < -0.3 is 4.52 Å². The van der Waals surface area contributed by atoms with Gasteiger partial charge in [-0.1, -0.05) is 43.6 Å². The molecule has 0 bridgehead atoms. The lowest BCUT2D eigenvalue weighted by molar-refractivity contribution is 0.123. The summed E-state index contributed by atoms with van der Waals surface area (Å²) in [6.07, 6.45) is 0.837. The van der Waals surface area contributed by atoms with E-state index in [4.69, 9.17) is 4.52 Å². The monoisotopic (exact) mass is 276 g/mol. The third kappa shape index (κ3) is 19.3. The number of hydrogen-bond donors (Lipinski definition) is 0. The molecule has 0 saturated heterocycles. The zero-order chi connectivity index (χ0) is 11.3. The van der Waals surface area contributed by atoms with Crippen LogP contribution in [0.2, 0.25) is 0 Å². The molecule has 0 aromatic rings. The predicted octanol–water partition coefficient (Wildman–Crippen LogP) is 5.10. The number of hydrogen-bond acceptors (Lipinski definition) is 1. The van der Waals surface area contributed by atoms with Gasteiger partial charge in [0.15, 0.2) is 0 Å². The first-order chi connectivity index (χ1) is 6.12. The Morgan fingerprint density at radius 3 is 1.85 bits per heavy atom. The summed E-state index contributed by atoms with van der Waals surface area (Å²) < 4.78 is 16.4. The van der Waals surface area contributed by atoms with Gasteiger partial charge >= 0.3 is 0 Å². The van der Waals surface area contributed by atoms with Crippen molar-refractivity contribution in [2.24, 2.45) is 0 Å². The summed E-state index contributed by atoms with van der Waals surface area (Å²) in [6, 6.07) is 0. The molecule has 0 aromatic heterocycles. The third-order valence-electron chi connectivity index (χ3n) is 1.01. The second kappa shape index (κ2) is 15.3. The Kier molecular flexibility index (Phi) is 22.8. The van der Waals surface area contributed by atoms with Crippen LogP contribution in [0.15, 0.2) is 0 Å². The highest BCUT2D eigenvalue weighted by Gasteiger charge is 2.16. The van der Waals surface area contributed by atoms with Gasteiger partial charge in [-0.2, -0.15) is 4.20 Å². The van der Waals surface area contributed by atoms with Crippen molar-refractivity contribution >= 4 is 25.0 Å². The number of alkyl halides is 1. The van der Waals surface area contributed by atoms with Crippen LogP contribution in [-0.4, -0.2) is 10.9 Å². The van der Waals surface area contributed by atoms with E-state index in [2.05, 4.69) is 15.9 Å². The lowest BCUT2D eigenvalue weighted by Gasteiger charge is -2.20. The molecule has 0 fully saturated rings. The topological polar surface area (TPSA) is 9.23 Å². The summed E-state index contributed by atoms with van der Waals surface area (Å²) in [5, 5.41) is 0.852. The van der Waals surface area contributed by atoms with Crippen molar-refractivity contribution in [3.05, 3.63) is 0 Å². The Balaban J connectivity index is -0.000000218. The highest BCUT2D eigenvalue weighted by molar-refractivity contribution is 9.09. The average Bonchev–Trinajstić information content (AvgIpc) is 2.11. The standard InChI is InChI=1S/C5H11BrFOP.2C2H6/c1-5(2,3-4-6)8-9-7;2*1-2/h9H,3-4H2,1-2H3;2*1-2H3. The number of rotatable bonds is 4. The quantitative estimate of drug-likeness (QED) is 0.513. The first-order valence-electron chi connectivity index (χ1n) is 4.72. The summed E-state index contributed by atoms with van der Waals surface area (Å²) in [6.45, 7) is 11.8. The minimum Gasteiger partial charge on any atom is -0.327 e. The molecule has 4 heteroatoms. The van der Waals surface area contributed by atoms with Crippen molar-refractivity contribution in [1.29, 1.82) is 0 Å². The third-order valence-corrected chi connectivity index (χ3v) is 2.04. The minimum absolute atomic E-state index is 0.309. The molecule has 1 nitrogen and oxygen atoms in total. The maximum Gasteiger partial charge on any atom is 0.206 e. The minimum atomic E-state index is -0.902. The Morgan fingerprint density at radius 2 is 1.62 bits per heavy atom. The van der Waals surface area contributed by atoms with Gasteiger partial charge in [-0.25, -0.2) is 0 Å². The molecule has 1 unspecified atom stereocenters. The van der Waals surface area contributed by atoms with Crippen LogP contribution in [0.25, 0.3) is 0 Å². The fourth-order valence-corrected chi connectivity index (χ4v) is 1.65. The van der Waals surface area contributed by atoms with Crippen LogP contribution in [0.5, 0.6) is 0 Å². The highest BCUT2D eigenvalue weighted by Crippen LogP contribution is 2.26. The zero-order valence-corrected chi connectivity index (χ0v) is 12.2. The average molecular weight is 277 g/mol. The fourth-order valence-electron chi connectivity index (χ4n) is 0.383. The molecular formula is C9H23BrFOP. The van der Waals surface area contributed by atoms with Crippen molar-refractivity contribution in [3.63, 3.8) is 0 Å². The first kappa shape index (κ1) is 19.4. The van der Waals surface area contributed by atoms with Crippen molar-refractivity contribution < 1.29 is 8.72 Å². The predicted molar refractivity (Wildman–Crippen MR) is 65.7 cm³/mol. The molecule has 0 N–H and O–H groups in total. The molecule has 0 aliphatic carbocycles. The van der Waals surface area contributed by atoms with E-state index >= 15 is 0 Å². The summed E-state index contributed by atoms with van der Waals surface area (Å²) in [7, 11) is -0.902. The molecule has 0 aromatic carbocycles. The van der Waals surface area contributed by atoms with Gasteiger partial charge in [-0.15, -0.1) is 0 Å². The van der Waals surface area contributed by atoms with E-state index < -0.39 is 9.12 Å². The molecule has 0 aliphatic heterocycles. The van der Waals surface area contributed by atoms with E-state index in [0.29, 0.717) is 0 Å². The molecule has 0 heterocycles. The normalized spacial score (nSPS) is 10.2. The second-order valence-corrected chi connectivity index (χ2v) is 3.53. The zero-order valence-electron chi connectivity index (χ0n) is 9.58. The van der Waals surface area contributed by atoms with E-state index in [1.165, 1.54) is 0 Å². The van der Waals surface area contributed by atoms with Gasteiger partial charge in [0, 0.05) is 5.33 Å². The van der Waals surface area contributed by atoms with E-state index in [1.54, 1.807) is 0 Å². The number of halogens is 2. The van der Waals surface area contributed by atoms with E-state index in [0.717, 1.165) is 11.8 Å². The summed E-state index contributed by atoms with van der Waals surface area (Å²) in [5.74, 6) is 0. The van der Waals surface area contributed by atoms with Crippen LogP contribution in [0, 0.1) is 0 Å². The molecule has 0 amide bonds. The van der Waals surface area contributed by atoms with Crippen LogP contribution in [0.3, 0.4) is 0 Å². The van der Waals surface area contributed by atoms with Crippen LogP contribution in [-0.2, 0) is 4.52 Å². The van der Waals surface area contributed by atoms with Crippen molar-refractivity contribution in [1.82, 2.24) is 0 Å². The Hall–Kier alpha value is 0.800. The van der Waals surface area contributed by atoms with E-state index in [-0.39, 0.29) is 5.60 Å². The molecule has 84 valence electrons. The molecule has 0 rings (SSSR count). The van der Waals surface area contributed by atoms with Crippen LogP contribution in [0.1, 0.15) is 48.0 Å². The largest absolute Gasteiger partial charge is 0.327 e. The Bertz CT molecular complexity index is 74.0. The van der Waals surface area contributed by atoms with Gasteiger partial charge in [-0.05, 0) is 20.3 Å². The van der Waals surface area contributed by atoms with E-state index in [9.17, 15) is 4.20 Å². The first-order valence-corrected chi connectivity index (χ1v) is 6.63. The van der Waals surface area contributed by atoms with E-state index in [1.807, 2.05) is 41.5 Å². The fraction of sp³-hybridized carbons (Fsp3) is 1.00. The van der Waals surface area contributed by atoms with Crippen molar-refractivity contribution in [3.8, 4) is 0 Å². The molecule has 13 heavy (non-hydrogen) atoms. The molecular weight excluding hydrogens is 254 g/mol. The summed E-state index contributed by atoms with van der Waals surface area (Å²) in [5.41, 5.74) is -0.309. The highest BCUT2D eigenvalue weighted by atomic mass is 79.9. The molecule has 0 radical (unpaired) electrons. The maximum atomic E-state index is 11.6. The van der Waals surface area contributed by atoms with Gasteiger partial charge in [-0.3, -0.25) is 0 Å². The van der Waals surface area contributed by atoms with Gasteiger partial charge in [0.2, 0.25) is 9.12 Å². The van der Waals surface area contributed by atoms with Crippen LogP contribution >= 0.6 is 25.0 Å². The second-order valence-electron chi connectivity index (χ2n) is 2.38.